The number of nitrogens with zero attached hydrogens (tertiary/aromatic N) is 2. The molecule has 0 radical (unpaired) electrons. The van der Waals surface area contributed by atoms with E-state index in [2.05, 4.69) is 30.3 Å². The fourth-order valence-electron chi connectivity index (χ4n) is 1.18. The van der Waals surface area contributed by atoms with Crippen molar-refractivity contribution < 1.29 is 0 Å². The lowest BCUT2D eigenvalue weighted by Crippen LogP contribution is -2.07. The summed E-state index contributed by atoms with van der Waals surface area (Å²) >= 11 is 0. The number of rotatable bonds is 4. The number of hydrogen-bond donors (Lipinski definition) is 1. The van der Waals surface area contributed by atoms with Crippen molar-refractivity contribution in [2.75, 3.05) is 11.9 Å². The van der Waals surface area contributed by atoms with Crippen molar-refractivity contribution in [3.05, 3.63) is 11.8 Å². The van der Waals surface area contributed by atoms with E-state index in [9.17, 15) is 0 Å². The molecule has 0 amide bonds. The predicted octanol–water partition coefficient (Wildman–Crippen LogP) is 2.03. The zero-order valence-corrected chi connectivity index (χ0v) is 8.09. The van der Waals surface area contributed by atoms with Crippen molar-refractivity contribution in [3.8, 4) is 0 Å². The second kappa shape index (κ2) is 4.14. The van der Waals surface area contributed by atoms with E-state index in [0.29, 0.717) is 0 Å². The van der Waals surface area contributed by atoms with Gasteiger partial charge in [-0.3, -0.25) is 0 Å². The van der Waals surface area contributed by atoms with Crippen LogP contribution in [0.4, 0.5) is 5.82 Å². The van der Waals surface area contributed by atoms with Crippen LogP contribution in [0.2, 0.25) is 0 Å². The van der Waals surface area contributed by atoms with Gasteiger partial charge in [0.05, 0.1) is 5.69 Å². The largest absolute Gasteiger partial charge is 0.370 e. The Morgan fingerprint density at radius 2 is 2.25 bits per heavy atom. The summed E-state index contributed by atoms with van der Waals surface area (Å²) < 4.78 is 1.99. The first-order chi connectivity index (χ1) is 5.77. The van der Waals surface area contributed by atoms with Crippen molar-refractivity contribution in [1.29, 1.82) is 0 Å². The Balaban J connectivity index is 2.68. The quantitative estimate of drug-likeness (QED) is 0.743. The van der Waals surface area contributed by atoms with Gasteiger partial charge in [-0.25, -0.2) is 4.68 Å². The summed E-state index contributed by atoms with van der Waals surface area (Å²) in [4.78, 5) is 0. The first-order valence-corrected chi connectivity index (χ1v) is 4.56. The maximum absolute atomic E-state index is 4.34. The van der Waals surface area contributed by atoms with Gasteiger partial charge < -0.3 is 5.32 Å². The molecule has 0 atom stereocenters. The Bertz CT molecular complexity index is 240. The monoisotopic (exact) mass is 167 g/mol. The van der Waals surface area contributed by atoms with Crippen molar-refractivity contribution in [2.24, 2.45) is 0 Å². The van der Waals surface area contributed by atoms with Crippen molar-refractivity contribution >= 4 is 5.82 Å². The molecular formula is C9H17N3. The molecule has 0 bridgehead atoms. The third-order valence-electron chi connectivity index (χ3n) is 1.76. The first kappa shape index (κ1) is 9.10. The number of nitrogens with one attached hydrogen (secondary N) is 1. The number of anilines is 1. The highest BCUT2D eigenvalue weighted by Crippen LogP contribution is 2.09. The summed E-state index contributed by atoms with van der Waals surface area (Å²) in [5.74, 6) is 1.14. The molecule has 1 heterocycles. The highest BCUT2D eigenvalue weighted by Gasteiger charge is 2.00. The molecule has 0 spiro atoms. The summed E-state index contributed by atoms with van der Waals surface area (Å²) in [6, 6.07) is 2.08. The van der Waals surface area contributed by atoms with Crippen LogP contribution in [0.5, 0.6) is 0 Å². The van der Waals surface area contributed by atoms with E-state index in [1.807, 2.05) is 11.6 Å². The first-order valence-electron chi connectivity index (χ1n) is 4.56. The summed E-state index contributed by atoms with van der Waals surface area (Å²) in [6.45, 7) is 8.23. The minimum Gasteiger partial charge on any atom is -0.370 e. The molecule has 1 aromatic heterocycles. The highest BCUT2D eigenvalue weighted by atomic mass is 15.3. The lowest BCUT2D eigenvalue weighted by atomic mass is 10.4. The zero-order valence-electron chi connectivity index (χ0n) is 8.09. The van der Waals surface area contributed by atoms with E-state index >= 15 is 0 Å². The number of aryl methyl sites for hydroxylation is 2. The van der Waals surface area contributed by atoms with Crippen molar-refractivity contribution in [3.63, 3.8) is 0 Å². The van der Waals surface area contributed by atoms with Crippen LogP contribution >= 0.6 is 0 Å². The molecule has 68 valence electrons. The smallest absolute Gasteiger partial charge is 0.124 e. The van der Waals surface area contributed by atoms with E-state index in [4.69, 9.17) is 0 Å². The van der Waals surface area contributed by atoms with Gasteiger partial charge in [0.1, 0.15) is 5.82 Å². The van der Waals surface area contributed by atoms with Crippen LogP contribution in [-0.4, -0.2) is 16.3 Å². The van der Waals surface area contributed by atoms with Gasteiger partial charge in [0.2, 0.25) is 0 Å². The maximum atomic E-state index is 4.34. The van der Waals surface area contributed by atoms with Crippen LogP contribution < -0.4 is 5.32 Å². The molecule has 12 heavy (non-hydrogen) atoms. The van der Waals surface area contributed by atoms with Gasteiger partial charge >= 0.3 is 0 Å². The van der Waals surface area contributed by atoms with Gasteiger partial charge in [0.15, 0.2) is 0 Å². The molecule has 1 rings (SSSR count). The SMILES string of the molecule is CCCNc1cc(C)nn1CC. The Morgan fingerprint density at radius 3 is 2.83 bits per heavy atom. The van der Waals surface area contributed by atoms with Crippen LogP contribution in [0.1, 0.15) is 26.0 Å². The van der Waals surface area contributed by atoms with E-state index in [0.717, 1.165) is 31.0 Å². The van der Waals surface area contributed by atoms with Crippen LogP contribution in [0, 0.1) is 6.92 Å². The van der Waals surface area contributed by atoms with Gasteiger partial charge in [-0.2, -0.15) is 5.10 Å². The molecule has 0 saturated carbocycles. The van der Waals surface area contributed by atoms with Gasteiger partial charge in [0.25, 0.3) is 0 Å². The zero-order chi connectivity index (χ0) is 8.97. The van der Waals surface area contributed by atoms with Gasteiger partial charge in [-0.05, 0) is 20.3 Å². The topological polar surface area (TPSA) is 29.9 Å². The molecule has 0 unspecified atom stereocenters. The lowest BCUT2D eigenvalue weighted by Gasteiger charge is -2.05. The van der Waals surface area contributed by atoms with Crippen LogP contribution in [-0.2, 0) is 6.54 Å². The molecule has 0 saturated heterocycles. The molecule has 1 aromatic rings. The second-order valence-corrected chi connectivity index (χ2v) is 2.91. The Morgan fingerprint density at radius 1 is 1.50 bits per heavy atom. The summed E-state index contributed by atoms with van der Waals surface area (Å²) in [5, 5.41) is 7.67. The minimum absolute atomic E-state index is 0.930. The fourth-order valence-corrected chi connectivity index (χ4v) is 1.18. The van der Waals surface area contributed by atoms with Gasteiger partial charge in [-0.1, -0.05) is 6.92 Å². The lowest BCUT2D eigenvalue weighted by molar-refractivity contribution is 0.657. The Kier molecular flexibility index (Phi) is 3.14. The molecule has 0 aliphatic heterocycles. The number of hydrogen-bond acceptors (Lipinski definition) is 2. The fraction of sp³-hybridized carbons (Fsp3) is 0.667. The van der Waals surface area contributed by atoms with Crippen molar-refractivity contribution in [2.45, 2.75) is 33.7 Å². The standard InChI is InChI=1S/C9H17N3/c1-4-6-10-9-7-8(3)11-12(9)5-2/h7,10H,4-6H2,1-3H3. The van der Waals surface area contributed by atoms with E-state index < -0.39 is 0 Å². The minimum atomic E-state index is 0.930. The van der Waals surface area contributed by atoms with Gasteiger partial charge in [0, 0.05) is 19.2 Å². The summed E-state index contributed by atoms with van der Waals surface area (Å²) in [5.41, 5.74) is 1.08. The molecule has 0 aliphatic rings. The van der Waals surface area contributed by atoms with Crippen LogP contribution in [0.3, 0.4) is 0 Å². The average molecular weight is 167 g/mol. The second-order valence-electron chi connectivity index (χ2n) is 2.91. The predicted molar refractivity (Wildman–Crippen MR) is 51.4 cm³/mol. The Labute approximate surface area is 73.8 Å². The Hall–Kier alpha value is -0.990. The normalized spacial score (nSPS) is 10.2. The molecule has 3 nitrogen and oxygen atoms in total. The van der Waals surface area contributed by atoms with E-state index in [-0.39, 0.29) is 0 Å². The molecule has 0 aliphatic carbocycles. The molecule has 3 heteroatoms. The summed E-state index contributed by atoms with van der Waals surface area (Å²) in [7, 11) is 0. The van der Waals surface area contributed by atoms with E-state index in [1.54, 1.807) is 0 Å². The van der Waals surface area contributed by atoms with Crippen LogP contribution in [0.25, 0.3) is 0 Å². The third kappa shape index (κ3) is 2.00. The van der Waals surface area contributed by atoms with Crippen molar-refractivity contribution in [1.82, 2.24) is 9.78 Å². The third-order valence-corrected chi connectivity index (χ3v) is 1.76. The molecular weight excluding hydrogens is 150 g/mol. The number of aromatic nitrogens is 2. The molecule has 0 fully saturated rings. The highest BCUT2D eigenvalue weighted by molar-refractivity contribution is 5.36. The average Bonchev–Trinajstić information content (AvgIpc) is 2.42. The molecule has 1 N–H and O–H groups in total. The molecule has 0 aromatic carbocycles. The summed E-state index contributed by atoms with van der Waals surface area (Å²) in [6.07, 6.45) is 1.15. The van der Waals surface area contributed by atoms with Gasteiger partial charge in [-0.15, -0.1) is 0 Å². The van der Waals surface area contributed by atoms with Crippen LogP contribution in [0.15, 0.2) is 6.07 Å². The van der Waals surface area contributed by atoms with E-state index in [1.165, 1.54) is 0 Å². The maximum Gasteiger partial charge on any atom is 0.124 e.